The number of carbonyl (C=O) groups is 1. The minimum Gasteiger partial charge on any atom is -0.459 e. The van der Waals surface area contributed by atoms with Gasteiger partial charge in [0.2, 0.25) is 12.7 Å². The molecule has 0 saturated carbocycles. The zero-order chi connectivity index (χ0) is 17.2. The van der Waals surface area contributed by atoms with Crippen LogP contribution in [0.25, 0.3) is 11.7 Å². The van der Waals surface area contributed by atoms with E-state index in [1.165, 1.54) is 6.26 Å². The van der Waals surface area contributed by atoms with Gasteiger partial charge in [-0.2, -0.15) is 0 Å². The van der Waals surface area contributed by atoms with E-state index in [0.717, 1.165) is 11.8 Å². The second-order valence-corrected chi connectivity index (χ2v) is 6.46. The molecule has 4 rings (SSSR count). The van der Waals surface area contributed by atoms with Gasteiger partial charge >= 0.3 is 0 Å². The molecule has 1 N–H and O–H groups in total. The van der Waals surface area contributed by atoms with E-state index < -0.39 is 5.25 Å². The minimum atomic E-state index is -0.435. The molecule has 3 aromatic rings. The van der Waals surface area contributed by atoms with Crippen LogP contribution in [0.4, 0.5) is 5.69 Å². The van der Waals surface area contributed by atoms with Gasteiger partial charge in [-0.1, -0.05) is 11.8 Å². The number of anilines is 1. The maximum atomic E-state index is 12.3. The van der Waals surface area contributed by atoms with Crippen molar-refractivity contribution in [3.05, 3.63) is 36.6 Å². The first kappa shape index (κ1) is 15.6. The van der Waals surface area contributed by atoms with E-state index in [4.69, 9.17) is 18.3 Å². The average molecular weight is 359 g/mol. The molecule has 1 aliphatic heterocycles. The standard InChI is InChI=1S/C16H13N3O5S/c1-9(25-16-19-18-15(24-16)12-3-2-6-21-12)14(20)17-10-4-5-11-13(7-10)23-8-22-11/h2-7,9H,8H2,1H3,(H,17,20)/t9-/m0/s1. The van der Waals surface area contributed by atoms with Gasteiger partial charge in [0.1, 0.15) is 0 Å². The molecule has 2 aromatic heterocycles. The van der Waals surface area contributed by atoms with Crippen LogP contribution >= 0.6 is 11.8 Å². The van der Waals surface area contributed by atoms with Crippen LogP contribution in [0.2, 0.25) is 0 Å². The summed E-state index contributed by atoms with van der Waals surface area (Å²) in [5.74, 6) is 1.84. The van der Waals surface area contributed by atoms with E-state index in [2.05, 4.69) is 15.5 Å². The van der Waals surface area contributed by atoms with Crippen LogP contribution < -0.4 is 14.8 Å². The summed E-state index contributed by atoms with van der Waals surface area (Å²) in [6.07, 6.45) is 1.52. The van der Waals surface area contributed by atoms with Crippen molar-refractivity contribution < 1.29 is 23.1 Å². The molecule has 0 fully saturated rings. The third-order valence-electron chi connectivity index (χ3n) is 3.43. The molecule has 0 unspecified atom stereocenters. The van der Waals surface area contributed by atoms with Gasteiger partial charge in [-0.25, -0.2) is 0 Å². The van der Waals surface area contributed by atoms with Crippen LogP contribution in [-0.2, 0) is 4.79 Å². The van der Waals surface area contributed by atoms with Gasteiger partial charge in [0.25, 0.3) is 11.1 Å². The summed E-state index contributed by atoms with van der Waals surface area (Å²) < 4.78 is 21.2. The SMILES string of the molecule is C[C@H](Sc1nnc(-c2ccco2)o1)C(=O)Nc1ccc2c(c1)OCO2. The number of nitrogens with zero attached hydrogens (tertiary/aromatic N) is 2. The van der Waals surface area contributed by atoms with Crippen molar-refractivity contribution in [1.29, 1.82) is 0 Å². The highest BCUT2D eigenvalue weighted by atomic mass is 32.2. The van der Waals surface area contributed by atoms with Crippen molar-refractivity contribution in [1.82, 2.24) is 10.2 Å². The smallest absolute Gasteiger partial charge is 0.284 e. The predicted molar refractivity (Wildman–Crippen MR) is 88.5 cm³/mol. The fourth-order valence-corrected chi connectivity index (χ4v) is 2.86. The number of ether oxygens (including phenoxy) is 2. The summed E-state index contributed by atoms with van der Waals surface area (Å²) >= 11 is 1.16. The van der Waals surface area contributed by atoms with E-state index in [1.807, 2.05) is 0 Å². The first-order chi connectivity index (χ1) is 12.2. The lowest BCUT2D eigenvalue weighted by molar-refractivity contribution is -0.115. The number of hydrogen-bond donors (Lipinski definition) is 1. The summed E-state index contributed by atoms with van der Waals surface area (Å²) in [5, 5.41) is 10.5. The first-order valence-corrected chi connectivity index (χ1v) is 8.31. The predicted octanol–water partition coefficient (Wildman–Crippen LogP) is 3.18. The highest BCUT2D eigenvalue weighted by molar-refractivity contribution is 8.00. The molecule has 0 spiro atoms. The van der Waals surface area contributed by atoms with Gasteiger partial charge in [0, 0.05) is 11.8 Å². The van der Waals surface area contributed by atoms with E-state index in [1.54, 1.807) is 37.3 Å². The molecule has 1 amide bonds. The molecule has 8 nitrogen and oxygen atoms in total. The molecule has 1 aromatic carbocycles. The number of thioether (sulfide) groups is 1. The monoisotopic (exact) mass is 359 g/mol. The number of aromatic nitrogens is 2. The first-order valence-electron chi connectivity index (χ1n) is 7.43. The number of fused-ring (bicyclic) bond motifs is 1. The normalized spacial score (nSPS) is 13.6. The van der Waals surface area contributed by atoms with Crippen molar-refractivity contribution >= 4 is 23.4 Å². The molecule has 9 heteroatoms. The Hall–Kier alpha value is -2.94. The number of benzene rings is 1. The lowest BCUT2D eigenvalue weighted by Gasteiger charge is -2.10. The Balaban J connectivity index is 1.39. The van der Waals surface area contributed by atoms with E-state index >= 15 is 0 Å². The lowest BCUT2D eigenvalue weighted by atomic mass is 10.2. The molecule has 0 radical (unpaired) electrons. The Kier molecular flexibility index (Phi) is 4.06. The Bertz CT molecular complexity index is 893. The summed E-state index contributed by atoms with van der Waals surface area (Å²) in [6, 6.07) is 8.68. The molecule has 0 aliphatic carbocycles. The summed E-state index contributed by atoms with van der Waals surface area (Å²) in [5.41, 5.74) is 0.628. The number of carbonyl (C=O) groups excluding carboxylic acids is 1. The quantitative estimate of drug-likeness (QED) is 0.693. The molecule has 25 heavy (non-hydrogen) atoms. The Morgan fingerprint density at radius 3 is 2.96 bits per heavy atom. The average Bonchev–Trinajstić information content (AvgIpc) is 3.35. The minimum absolute atomic E-state index is 0.189. The molecular weight excluding hydrogens is 346 g/mol. The van der Waals surface area contributed by atoms with Crippen molar-refractivity contribution in [3.63, 3.8) is 0 Å². The van der Waals surface area contributed by atoms with E-state index in [9.17, 15) is 4.79 Å². The van der Waals surface area contributed by atoms with Crippen LogP contribution in [0.1, 0.15) is 6.92 Å². The molecule has 128 valence electrons. The maximum absolute atomic E-state index is 12.3. The van der Waals surface area contributed by atoms with Crippen molar-refractivity contribution in [2.24, 2.45) is 0 Å². The number of rotatable bonds is 5. The van der Waals surface area contributed by atoms with Gasteiger partial charge in [-0.3, -0.25) is 4.79 Å². The zero-order valence-electron chi connectivity index (χ0n) is 13.1. The highest BCUT2D eigenvalue weighted by Crippen LogP contribution is 2.34. The number of nitrogens with one attached hydrogen (secondary N) is 1. The topological polar surface area (TPSA) is 99.6 Å². The number of hydrogen-bond acceptors (Lipinski definition) is 8. The zero-order valence-corrected chi connectivity index (χ0v) is 13.9. The Morgan fingerprint density at radius 1 is 1.24 bits per heavy atom. The Morgan fingerprint density at radius 2 is 2.12 bits per heavy atom. The molecule has 1 atom stereocenters. The van der Waals surface area contributed by atoms with Crippen LogP contribution in [-0.4, -0.2) is 28.1 Å². The fraction of sp³-hybridized carbons (Fsp3) is 0.188. The van der Waals surface area contributed by atoms with Crippen LogP contribution in [0.15, 0.2) is 50.7 Å². The molecule has 3 heterocycles. The van der Waals surface area contributed by atoms with Gasteiger partial charge in [0.05, 0.1) is 11.5 Å². The summed E-state index contributed by atoms with van der Waals surface area (Å²) in [7, 11) is 0. The molecular formula is C16H13N3O5S. The second kappa shape index (κ2) is 6.52. The maximum Gasteiger partial charge on any atom is 0.284 e. The van der Waals surface area contributed by atoms with Gasteiger partial charge < -0.3 is 23.6 Å². The third kappa shape index (κ3) is 3.31. The van der Waals surface area contributed by atoms with Crippen LogP contribution in [0, 0.1) is 0 Å². The Labute approximate surface area is 146 Å². The largest absolute Gasteiger partial charge is 0.459 e. The fourth-order valence-electron chi connectivity index (χ4n) is 2.18. The van der Waals surface area contributed by atoms with Gasteiger partial charge in [-0.15, -0.1) is 10.2 Å². The molecule has 1 aliphatic rings. The lowest BCUT2D eigenvalue weighted by Crippen LogP contribution is -2.22. The third-order valence-corrected chi connectivity index (χ3v) is 4.36. The summed E-state index contributed by atoms with van der Waals surface area (Å²) in [6.45, 7) is 1.94. The van der Waals surface area contributed by atoms with Crippen molar-refractivity contribution in [3.8, 4) is 23.1 Å². The van der Waals surface area contributed by atoms with E-state index in [-0.39, 0.29) is 18.6 Å². The molecule has 0 bridgehead atoms. The highest BCUT2D eigenvalue weighted by Gasteiger charge is 2.20. The van der Waals surface area contributed by atoms with Gasteiger partial charge in [-0.05, 0) is 31.2 Å². The van der Waals surface area contributed by atoms with Crippen molar-refractivity contribution in [2.75, 3.05) is 12.1 Å². The summed E-state index contributed by atoms with van der Waals surface area (Å²) in [4.78, 5) is 12.3. The second-order valence-electron chi connectivity index (χ2n) is 5.17. The molecule has 0 saturated heterocycles. The van der Waals surface area contributed by atoms with Crippen LogP contribution in [0.5, 0.6) is 11.5 Å². The van der Waals surface area contributed by atoms with Crippen LogP contribution in [0.3, 0.4) is 0 Å². The van der Waals surface area contributed by atoms with Crippen molar-refractivity contribution in [2.45, 2.75) is 17.4 Å². The van der Waals surface area contributed by atoms with E-state index in [0.29, 0.717) is 28.2 Å². The number of furan rings is 1. The van der Waals surface area contributed by atoms with Gasteiger partial charge in [0.15, 0.2) is 17.3 Å². The number of amides is 1.